The van der Waals surface area contributed by atoms with E-state index in [0.717, 1.165) is 29.9 Å². The number of hydrogen-bond acceptors (Lipinski definition) is 3. The molecule has 0 unspecified atom stereocenters. The molecule has 0 bridgehead atoms. The van der Waals surface area contributed by atoms with Gasteiger partial charge in [0.2, 0.25) is 0 Å². The zero-order valence-corrected chi connectivity index (χ0v) is 15.1. The van der Waals surface area contributed by atoms with Gasteiger partial charge in [0.1, 0.15) is 12.7 Å². The molecule has 0 atom stereocenters. The Morgan fingerprint density at radius 1 is 1.20 bits per heavy atom. The highest BCUT2D eigenvalue weighted by atomic mass is 16.2. The quantitative estimate of drug-likeness (QED) is 0.909. The zero-order valence-electron chi connectivity index (χ0n) is 15.1. The summed E-state index contributed by atoms with van der Waals surface area (Å²) in [5.41, 5.74) is 2.26. The van der Waals surface area contributed by atoms with Crippen molar-refractivity contribution >= 4 is 6.03 Å². The fourth-order valence-electron chi connectivity index (χ4n) is 3.36. The van der Waals surface area contributed by atoms with Gasteiger partial charge in [-0.2, -0.15) is 5.10 Å². The lowest BCUT2D eigenvalue weighted by molar-refractivity contribution is 0.163. The molecular weight excluding hydrogens is 314 g/mol. The Kier molecular flexibility index (Phi) is 5.68. The molecule has 1 heterocycles. The van der Waals surface area contributed by atoms with E-state index in [1.54, 1.807) is 11.0 Å². The highest BCUT2D eigenvalue weighted by Crippen LogP contribution is 2.26. The minimum absolute atomic E-state index is 0.0197. The normalized spacial score (nSPS) is 20.2. The maximum atomic E-state index is 12.4. The Hall–Kier alpha value is -2.37. The maximum absolute atomic E-state index is 12.4. The van der Waals surface area contributed by atoms with Crippen LogP contribution in [0.25, 0.3) is 0 Å². The van der Waals surface area contributed by atoms with Gasteiger partial charge in [-0.3, -0.25) is 0 Å². The second-order valence-corrected chi connectivity index (χ2v) is 7.09. The summed E-state index contributed by atoms with van der Waals surface area (Å²) in [5.74, 6) is 0.795. The Morgan fingerprint density at radius 2 is 1.88 bits per heavy atom. The second kappa shape index (κ2) is 8.14. The van der Waals surface area contributed by atoms with E-state index in [0.29, 0.717) is 19.1 Å². The van der Waals surface area contributed by atoms with Crippen molar-refractivity contribution in [2.45, 2.75) is 51.7 Å². The van der Waals surface area contributed by atoms with E-state index in [-0.39, 0.29) is 6.03 Å². The third-order valence-corrected chi connectivity index (χ3v) is 5.13. The van der Waals surface area contributed by atoms with Crippen molar-refractivity contribution in [2.75, 3.05) is 7.05 Å². The fourth-order valence-corrected chi connectivity index (χ4v) is 3.36. The predicted octanol–water partition coefficient (Wildman–Crippen LogP) is 3.05. The highest BCUT2D eigenvalue weighted by Gasteiger charge is 2.24. The van der Waals surface area contributed by atoms with E-state index >= 15 is 0 Å². The predicted molar refractivity (Wildman–Crippen MR) is 97.0 cm³/mol. The van der Waals surface area contributed by atoms with Crippen LogP contribution < -0.4 is 5.32 Å². The number of benzene rings is 1. The van der Waals surface area contributed by atoms with Gasteiger partial charge in [0.15, 0.2) is 0 Å². The number of urea groups is 1. The first kappa shape index (κ1) is 17.5. The molecule has 1 aliphatic rings. The van der Waals surface area contributed by atoms with Crippen molar-refractivity contribution in [1.29, 1.82) is 0 Å². The Labute approximate surface area is 149 Å². The third-order valence-electron chi connectivity index (χ3n) is 5.13. The average molecular weight is 341 g/mol. The minimum atomic E-state index is 0.0197. The first-order valence-corrected chi connectivity index (χ1v) is 9.02. The number of hydrogen-bond donors (Lipinski definition) is 1. The van der Waals surface area contributed by atoms with Crippen molar-refractivity contribution in [2.24, 2.45) is 5.92 Å². The average Bonchev–Trinajstić information content (AvgIpc) is 3.14. The summed E-state index contributed by atoms with van der Waals surface area (Å²) < 4.78 is 1.79. The molecule has 6 heteroatoms. The molecule has 25 heavy (non-hydrogen) atoms. The van der Waals surface area contributed by atoms with Gasteiger partial charge in [-0.1, -0.05) is 31.2 Å². The van der Waals surface area contributed by atoms with Crippen molar-refractivity contribution in [3.8, 4) is 0 Å². The first-order chi connectivity index (χ1) is 12.1. The second-order valence-electron chi connectivity index (χ2n) is 7.09. The Balaban J connectivity index is 1.46. The van der Waals surface area contributed by atoms with Crippen LogP contribution in [0.4, 0.5) is 4.79 Å². The molecule has 0 aliphatic heterocycles. The van der Waals surface area contributed by atoms with E-state index in [1.165, 1.54) is 19.2 Å². The molecule has 0 saturated heterocycles. The number of nitrogens with zero attached hydrogens (tertiary/aromatic N) is 4. The van der Waals surface area contributed by atoms with Crippen molar-refractivity contribution in [1.82, 2.24) is 25.0 Å². The molecule has 2 aromatic rings. The van der Waals surface area contributed by atoms with E-state index < -0.39 is 0 Å². The lowest BCUT2D eigenvalue weighted by atomic mass is 9.87. The van der Waals surface area contributed by atoms with Crippen LogP contribution in [0, 0.1) is 5.92 Å². The highest BCUT2D eigenvalue weighted by molar-refractivity contribution is 5.74. The van der Waals surface area contributed by atoms with Crippen molar-refractivity contribution in [3.63, 3.8) is 0 Å². The molecule has 0 spiro atoms. The van der Waals surface area contributed by atoms with Gasteiger partial charge in [-0.25, -0.2) is 14.5 Å². The molecule has 1 fully saturated rings. The number of aromatic nitrogens is 3. The fraction of sp³-hybridized carbons (Fsp3) is 0.526. The van der Waals surface area contributed by atoms with Gasteiger partial charge in [-0.05, 0) is 42.7 Å². The van der Waals surface area contributed by atoms with Crippen LogP contribution in [0.3, 0.4) is 0 Å². The van der Waals surface area contributed by atoms with Crippen molar-refractivity contribution < 1.29 is 4.79 Å². The Bertz CT molecular complexity index is 660. The molecule has 6 nitrogen and oxygen atoms in total. The summed E-state index contributed by atoms with van der Waals surface area (Å²) in [6, 6.07) is 8.63. The Morgan fingerprint density at radius 3 is 2.52 bits per heavy atom. The number of carbonyl (C=O) groups is 1. The van der Waals surface area contributed by atoms with Gasteiger partial charge in [-0.15, -0.1) is 0 Å². The molecule has 134 valence electrons. The summed E-state index contributed by atoms with van der Waals surface area (Å²) in [5, 5.41) is 7.14. The molecule has 1 aliphatic carbocycles. The summed E-state index contributed by atoms with van der Waals surface area (Å²) in [6.07, 6.45) is 7.90. The molecular formula is C19H27N5O. The molecule has 3 rings (SSSR count). The first-order valence-electron chi connectivity index (χ1n) is 9.02. The minimum Gasteiger partial charge on any atom is -0.334 e. The summed E-state index contributed by atoms with van der Waals surface area (Å²) in [4.78, 5) is 18.2. The summed E-state index contributed by atoms with van der Waals surface area (Å²) in [6.45, 7) is 3.55. The van der Waals surface area contributed by atoms with Crippen LogP contribution in [0.5, 0.6) is 0 Å². The van der Waals surface area contributed by atoms with Gasteiger partial charge in [0.05, 0.1) is 6.54 Å². The summed E-state index contributed by atoms with van der Waals surface area (Å²) in [7, 11) is 1.91. The van der Waals surface area contributed by atoms with Gasteiger partial charge in [0, 0.05) is 19.6 Å². The lowest BCUT2D eigenvalue weighted by Gasteiger charge is -2.33. The molecule has 1 saturated carbocycles. The lowest BCUT2D eigenvalue weighted by Crippen LogP contribution is -2.44. The van der Waals surface area contributed by atoms with Gasteiger partial charge in [0.25, 0.3) is 0 Å². The summed E-state index contributed by atoms with van der Waals surface area (Å²) >= 11 is 0. The van der Waals surface area contributed by atoms with Crippen LogP contribution in [-0.4, -0.2) is 38.8 Å². The smallest absolute Gasteiger partial charge is 0.317 e. The van der Waals surface area contributed by atoms with E-state index in [2.05, 4.69) is 46.6 Å². The molecule has 1 N–H and O–H groups in total. The zero-order chi connectivity index (χ0) is 17.6. The van der Waals surface area contributed by atoms with Crippen LogP contribution in [0.15, 0.2) is 36.9 Å². The monoisotopic (exact) mass is 341 g/mol. The van der Waals surface area contributed by atoms with Crippen LogP contribution in [-0.2, 0) is 13.1 Å². The number of rotatable bonds is 5. The van der Waals surface area contributed by atoms with E-state index in [4.69, 9.17) is 0 Å². The number of amides is 2. The van der Waals surface area contributed by atoms with Crippen molar-refractivity contribution in [3.05, 3.63) is 48.0 Å². The van der Waals surface area contributed by atoms with Crippen LogP contribution in [0.2, 0.25) is 0 Å². The number of nitrogens with one attached hydrogen (secondary N) is 1. The molecule has 2 amide bonds. The van der Waals surface area contributed by atoms with Crippen LogP contribution in [0.1, 0.15) is 43.7 Å². The molecule has 0 radical (unpaired) electrons. The van der Waals surface area contributed by atoms with Crippen LogP contribution >= 0.6 is 0 Å². The standard InChI is InChI=1S/C19H27N5O/c1-15-3-9-18(10-4-15)23(2)19(25)21-11-16-5-7-17(8-6-16)12-24-14-20-13-22-24/h5-8,13-15,18H,3-4,9-12H2,1-2H3,(H,21,25). The number of carbonyl (C=O) groups excluding carboxylic acids is 1. The van der Waals surface area contributed by atoms with Gasteiger partial charge < -0.3 is 10.2 Å². The SMILES string of the molecule is CC1CCC(N(C)C(=O)NCc2ccc(Cn3cncn3)cc2)CC1. The van der Waals surface area contributed by atoms with E-state index in [9.17, 15) is 4.79 Å². The molecule has 1 aromatic carbocycles. The maximum Gasteiger partial charge on any atom is 0.317 e. The largest absolute Gasteiger partial charge is 0.334 e. The van der Waals surface area contributed by atoms with E-state index in [1.807, 2.05) is 11.9 Å². The third kappa shape index (κ3) is 4.81. The van der Waals surface area contributed by atoms with Gasteiger partial charge >= 0.3 is 6.03 Å². The topological polar surface area (TPSA) is 63.1 Å². The molecule has 1 aromatic heterocycles.